The number of anilines is 1. The van der Waals surface area contributed by atoms with Crippen LogP contribution in [0.15, 0.2) is 18.3 Å². The van der Waals surface area contributed by atoms with Crippen molar-refractivity contribution in [3.8, 4) is 11.6 Å². The number of hydrogen-bond acceptors (Lipinski definition) is 6. The molecule has 0 fully saturated rings. The summed E-state index contributed by atoms with van der Waals surface area (Å²) < 4.78 is 5.82. The van der Waals surface area contributed by atoms with Gasteiger partial charge in [-0.05, 0) is 32.4 Å². The highest BCUT2D eigenvalue weighted by atomic mass is 16.5. The number of nitrogens with zero attached hydrogens (tertiary/aromatic N) is 3. The molecule has 2 aromatic heterocycles. The van der Waals surface area contributed by atoms with Crippen LogP contribution in [-0.4, -0.2) is 15.0 Å². The first kappa shape index (κ1) is 13.2. The summed E-state index contributed by atoms with van der Waals surface area (Å²) in [5.74, 6) is 6.80. The first-order valence-corrected chi connectivity index (χ1v) is 6.08. The highest BCUT2D eigenvalue weighted by Gasteiger charge is 2.10. The van der Waals surface area contributed by atoms with Crippen LogP contribution >= 0.6 is 0 Å². The molecule has 0 aromatic carbocycles. The van der Waals surface area contributed by atoms with Crippen LogP contribution in [0.2, 0.25) is 0 Å². The summed E-state index contributed by atoms with van der Waals surface area (Å²) in [6.07, 6.45) is 2.45. The molecule has 2 heterocycles. The molecule has 0 bridgehead atoms. The van der Waals surface area contributed by atoms with E-state index in [1.54, 1.807) is 6.20 Å². The Morgan fingerprint density at radius 3 is 2.74 bits per heavy atom. The van der Waals surface area contributed by atoms with Gasteiger partial charge < -0.3 is 4.74 Å². The number of nitrogen functional groups attached to an aromatic ring is 1. The van der Waals surface area contributed by atoms with Gasteiger partial charge >= 0.3 is 0 Å². The number of rotatable bonds is 4. The molecule has 100 valence electrons. The van der Waals surface area contributed by atoms with Crippen molar-refractivity contribution in [2.24, 2.45) is 5.84 Å². The SMILES string of the molecule is CCc1nc(C)ccc1Oc1nc(NN)ncc1C. The molecule has 2 aromatic rings. The quantitative estimate of drug-likeness (QED) is 0.646. The zero-order valence-corrected chi connectivity index (χ0v) is 11.3. The summed E-state index contributed by atoms with van der Waals surface area (Å²) in [7, 11) is 0. The third kappa shape index (κ3) is 2.97. The van der Waals surface area contributed by atoms with Crippen LogP contribution in [0.1, 0.15) is 23.9 Å². The molecule has 0 saturated heterocycles. The Hall–Kier alpha value is -2.21. The van der Waals surface area contributed by atoms with Crippen molar-refractivity contribution in [1.82, 2.24) is 15.0 Å². The second-order valence-corrected chi connectivity index (χ2v) is 4.18. The molecule has 19 heavy (non-hydrogen) atoms. The summed E-state index contributed by atoms with van der Waals surface area (Å²) in [6, 6.07) is 3.81. The second-order valence-electron chi connectivity index (χ2n) is 4.18. The van der Waals surface area contributed by atoms with Crippen molar-refractivity contribution in [1.29, 1.82) is 0 Å². The van der Waals surface area contributed by atoms with E-state index in [1.807, 2.05) is 32.9 Å². The van der Waals surface area contributed by atoms with Gasteiger partial charge in [-0.15, -0.1) is 0 Å². The van der Waals surface area contributed by atoms with E-state index in [-0.39, 0.29) is 0 Å². The molecular formula is C13H17N5O. The average Bonchev–Trinajstić information content (AvgIpc) is 2.43. The zero-order chi connectivity index (χ0) is 13.8. The predicted octanol–water partition coefficient (Wildman–Crippen LogP) is 2.13. The average molecular weight is 259 g/mol. The first-order valence-electron chi connectivity index (χ1n) is 6.08. The molecular weight excluding hydrogens is 242 g/mol. The van der Waals surface area contributed by atoms with Gasteiger partial charge in [0.2, 0.25) is 11.8 Å². The minimum atomic E-state index is 0.318. The maximum atomic E-state index is 5.82. The zero-order valence-electron chi connectivity index (χ0n) is 11.3. The Labute approximate surface area is 112 Å². The molecule has 0 unspecified atom stereocenters. The fourth-order valence-corrected chi connectivity index (χ4v) is 1.65. The van der Waals surface area contributed by atoms with E-state index in [9.17, 15) is 0 Å². The van der Waals surface area contributed by atoms with E-state index < -0.39 is 0 Å². The smallest absolute Gasteiger partial charge is 0.240 e. The first-order chi connectivity index (χ1) is 9.13. The fourth-order valence-electron chi connectivity index (χ4n) is 1.65. The standard InChI is InChI=1S/C13H17N5O/c1-4-10-11(6-5-9(3)16-10)19-12-8(2)7-15-13(17-12)18-14/h5-7H,4,14H2,1-3H3,(H,15,17,18). The van der Waals surface area contributed by atoms with E-state index in [4.69, 9.17) is 10.6 Å². The van der Waals surface area contributed by atoms with E-state index in [2.05, 4.69) is 20.4 Å². The van der Waals surface area contributed by atoms with Gasteiger partial charge in [-0.25, -0.2) is 10.8 Å². The van der Waals surface area contributed by atoms with E-state index in [0.29, 0.717) is 17.6 Å². The lowest BCUT2D eigenvalue weighted by molar-refractivity contribution is 0.449. The molecule has 0 aliphatic heterocycles. The van der Waals surface area contributed by atoms with Crippen molar-refractivity contribution in [3.05, 3.63) is 35.3 Å². The van der Waals surface area contributed by atoms with Gasteiger partial charge in [0.25, 0.3) is 0 Å². The number of pyridine rings is 1. The summed E-state index contributed by atoms with van der Waals surface area (Å²) in [5.41, 5.74) is 5.10. The Kier molecular flexibility index (Phi) is 3.91. The molecule has 0 aliphatic rings. The fraction of sp³-hybridized carbons (Fsp3) is 0.308. The van der Waals surface area contributed by atoms with E-state index >= 15 is 0 Å². The van der Waals surface area contributed by atoms with Crippen molar-refractivity contribution >= 4 is 5.95 Å². The van der Waals surface area contributed by atoms with E-state index in [1.165, 1.54) is 0 Å². The van der Waals surface area contributed by atoms with Gasteiger partial charge in [-0.3, -0.25) is 10.4 Å². The maximum absolute atomic E-state index is 5.82. The Morgan fingerprint density at radius 2 is 2.05 bits per heavy atom. The lowest BCUT2D eigenvalue weighted by atomic mass is 10.2. The largest absolute Gasteiger partial charge is 0.437 e. The van der Waals surface area contributed by atoms with Gasteiger partial charge in [0.05, 0.1) is 5.69 Å². The number of nitrogens with two attached hydrogens (primary N) is 1. The van der Waals surface area contributed by atoms with Crippen molar-refractivity contribution < 1.29 is 4.74 Å². The second kappa shape index (κ2) is 5.62. The van der Waals surface area contributed by atoms with Crippen LogP contribution in [0, 0.1) is 13.8 Å². The number of hydrogen-bond donors (Lipinski definition) is 2. The summed E-state index contributed by atoms with van der Waals surface area (Å²) >= 11 is 0. The number of ether oxygens (including phenoxy) is 1. The summed E-state index contributed by atoms with van der Waals surface area (Å²) in [6.45, 7) is 5.87. The Morgan fingerprint density at radius 1 is 1.26 bits per heavy atom. The van der Waals surface area contributed by atoms with Gasteiger partial charge in [0.15, 0.2) is 5.75 Å². The van der Waals surface area contributed by atoms with Crippen LogP contribution in [-0.2, 0) is 6.42 Å². The minimum Gasteiger partial charge on any atom is -0.437 e. The number of aryl methyl sites for hydroxylation is 3. The molecule has 0 atom stereocenters. The van der Waals surface area contributed by atoms with Crippen LogP contribution < -0.4 is 16.0 Å². The molecule has 2 rings (SSSR count). The van der Waals surface area contributed by atoms with Gasteiger partial charge in [-0.1, -0.05) is 6.92 Å². The van der Waals surface area contributed by atoms with E-state index in [0.717, 1.165) is 23.4 Å². The molecule has 3 N–H and O–H groups in total. The minimum absolute atomic E-state index is 0.318. The lowest BCUT2D eigenvalue weighted by Crippen LogP contribution is -2.11. The van der Waals surface area contributed by atoms with Crippen LogP contribution in [0.25, 0.3) is 0 Å². The predicted molar refractivity (Wildman–Crippen MR) is 73.0 cm³/mol. The highest BCUT2D eigenvalue weighted by molar-refractivity contribution is 5.37. The number of aromatic nitrogens is 3. The van der Waals surface area contributed by atoms with Gasteiger partial charge in [0.1, 0.15) is 0 Å². The molecule has 0 aliphatic carbocycles. The van der Waals surface area contributed by atoms with Crippen molar-refractivity contribution in [2.75, 3.05) is 5.43 Å². The van der Waals surface area contributed by atoms with Gasteiger partial charge in [0, 0.05) is 17.5 Å². The summed E-state index contributed by atoms with van der Waals surface area (Å²) in [4.78, 5) is 12.7. The normalized spacial score (nSPS) is 10.3. The van der Waals surface area contributed by atoms with Crippen LogP contribution in [0.3, 0.4) is 0 Å². The highest BCUT2D eigenvalue weighted by Crippen LogP contribution is 2.26. The molecule has 0 amide bonds. The Balaban J connectivity index is 2.35. The molecule has 0 saturated carbocycles. The molecule has 0 spiro atoms. The third-order valence-corrected chi connectivity index (χ3v) is 2.67. The lowest BCUT2D eigenvalue weighted by Gasteiger charge is -2.11. The number of hydrazine groups is 1. The summed E-state index contributed by atoms with van der Waals surface area (Å²) in [5, 5.41) is 0. The molecule has 0 radical (unpaired) electrons. The maximum Gasteiger partial charge on any atom is 0.240 e. The number of nitrogens with one attached hydrogen (secondary N) is 1. The topological polar surface area (TPSA) is 86.0 Å². The third-order valence-electron chi connectivity index (χ3n) is 2.67. The molecule has 6 nitrogen and oxygen atoms in total. The van der Waals surface area contributed by atoms with Crippen molar-refractivity contribution in [2.45, 2.75) is 27.2 Å². The molecule has 6 heteroatoms. The van der Waals surface area contributed by atoms with Crippen molar-refractivity contribution in [3.63, 3.8) is 0 Å². The van der Waals surface area contributed by atoms with Gasteiger partial charge in [-0.2, -0.15) is 4.98 Å². The van der Waals surface area contributed by atoms with Crippen LogP contribution in [0.4, 0.5) is 5.95 Å². The van der Waals surface area contributed by atoms with Crippen LogP contribution in [0.5, 0.6) is 11.6 Å². The Bertz CT molecular complexity index is 585. The monoisotopic (exact) mass is 259 g/mol.